The topological polar surface area (TPSA) is 59.6 Å². The van der Waals surface area contributed by atoms with Gasteiger partial charge in [0.05, 0.1) is 36.0 Å². The van der Waals surface area contributed by atoms with Gasteiger partial charge < -0.3 is 10.0 Å². The number of alkyl halides is 6. The summed E-state index contributed by atoms with van der Waals surface area (Å²) in [5.41, 5.74) is -1.96. The lowest BCUT2D eigenvalue weighted by atomic mass is 10.1. The number of allylic oxidation sites excluding steroid dienone is 1. The molecule has 1 N–H and O–H groups in total. The smallest absolute Gasteiger partial charge is 0.390 e. The second kappa shape index (κ2) is 8.90. The minimum atomic E-state index is -4.89. The SMILES string of the molecule is C/C=C(/CO)N=C(C)CN(CC(F)(F)F)c1ccc(C#N)c(C(F)(F)F)c1. The monoisotopic (exact) mass is 393 g/mol. The van der Waals surface area contributed by atoms with Gasteiger partial charge in [0.1, 0.15) is 6.54 Å². The average molecular weight is 393 g/mol. The zero-order valence-electron chi connectivity index (χ0n) is 14.5. The van der Waals surface area contributed by atoms with Crippen LogP contribution in [-0.2, 0) is 6.18 Å². The van der Waals surface area contributed by atoms with E-state index in [9.17, 15) is 26.3 Å². The highest BCUT2D eigenvalue weighted by atomic mass is 19.4. The minimum Gasteiger partial charge on any atom is -0.390 e. The van der Waals surface area contributed by atoms with Crippen molar-refractivity contribution in [2.45, 2.75) is 26.2 Å². The fourth-order valence-corrected chi connectivity index (χ4v) is 2.26. The number of aliphatic imine (C=N–C) groups is 1. The van der Waals surface area contributed by atoms with Gasteiger partial charge in [-0.25, -0.2) is 0 Å². The largest absolute Gasteiger partial charge is 0.417 e. The van der Waals surface area contributed by atoms with E-state index < -0.39 is 43.2 Å². The summed E-state index contributed by atoms with van der Waals surface area (Å²) >= 11 is 0. The number of benzene rings is 1. The summed E-state index contributed by atoms with van der Waals surface area (Å²) in [6, 6.07) is 3.75. The molecule has 27 heavy (non-hydrogen) atoms. The first kappa shape index (κ1) is 22.5. The van der Waals surface area contributed by atoms with Gasteiger partial charge in [0.25, 0.3) is 0 Å². The van der Waals surface area contributed by atoms with Gasteiger partial charge in [0.2, 0.25) is 0 Å². The third-order valence-electron chi connectivity index (χ3n) is 3.41. The summed E-state index contributed by atoms with van der Waals surface area (Å²) < 4.78 is 78.0. The van der Waals surface area contributed by atoms with Crippen LogP contribution in [0.25, 0.3) is 0 Å². The molecule has 0 fully saturated rings. The molecule has 0 amide bonds. The number of rotatable bonds is 6. The molecule has 0 heterocycles. The van der Waals surface area contributed by atoms with E-state index in [0.29, 0.717) is 11.0 Å². The van der Waals surface area contributed by atoms with Crippen molar-refractivity contribution < 1.29 is 31.4 Å². The van der Waals surface area contributed by atoms with E-state index in [1.165, 1.54) is 19.1 Å². The van der Waals surface area contributed by atoms with Gasteiger partial charge in [-0.05, 0) is 32.0 Å². The van der Waals surface area contributed by atoms with Crippen LogP contribution < -0.4 is 4.90 Å². The fraction of sp³-hybridized carbons (Fsp3) is 0.412. The van der Waals surface area contributed by atoms with E-state index in [1.807, 2.05) is 0 Å². The van der Waals surface area contributed by atoms with E-state index in [1.54, 1.807) is 6.92 Å². The lowest BCUT2D eigenvalue weighted by Gasteiger charge is -2.27. The molecule has 0 bridgehead atoms. The second-order valence-corrected chi connectivity index (χ2v) is 5.60. The quantitative estimate of drug-likeness (QED) is 0.579. The molecule has 10 heteroatoms. The first-order valence-electron chi connectivity index (χ1n) is 7.64. The maximum Gasteiger partial charge on any atom is 0.417 e. The van der Waals surface area contributed by atoms with E-state index >= 15 is 0 Å². The van der Waals surface area contributed by atoms with Crippen molar-refractivity contribution in [3.63, 3.8) is 0 Å². The molecule has 0 aliphatic heterocycles. The molecule has 0 atom stereocenters. The molecule has 1 aromatic carbocycles. The van der Waals surface area contributed by atoms with Crippen LogP contribution in [0.5, 0.6) is 0 Å². The summed E-state index contributed by atoms with van der Waals surface area (Å²) in [5, 5.41) is 17.9. The fourth-order valence-electron chi connectivity index (χ4n) is 2.26. The highest BCUT2D eigenvalue weighted by Crippen LogP contribution is 2.35. The lowest BCUT2D eigenvalue weighted by Crippen LogP contribution is -2.37. The molecule has 4 nitrogen and oxygen atoms in total. The van der Waals surface area contributed by atoms with E-state index in [2.05, 4.69) is 4.99 Å². The van der Waals surface area contributed by atoms with Crippen molar-refractivity contribution in [3.8, 4) is 6.07 Å². The third kappa shape index (κ3) is 6.94. The van der Waals surface area contributed by atoms with Crippen molar-refractivity contribution in [2.24, 2.45) is 4.99 Å². The lowest BCUT2D eigenvalue weighted by molar-refractivity contribution is -0.137. The van der Waals surface area contributed by atoms with Gasteiger partial charge in [0.15, 0.2) is 0 Å². The van der Waals surface area contributed by atoms with Crippen LogP contribution in [0.2, 0.25) is 0 Å². The number of halogens is 6. The third-order valence-corrected chi connectivity index (χ3v) is 3.41. The Kier molecular flexibility index (Phi) is 7.42. The number of aliphatic hydroxyl groups excluding tert-OH is 1. The Morgan fingerprint density at radius 2 is 1.89 bits per heavy atom. The molecule has 1 aromatic rings. The normalized spacial score (nSPS) is 13.5. The van der Waals surface area contributed by atoms with E-state index in [-0.39, 0.29) is 17.1 Å². The predicted molar refractivity (Wildman–Crippen MR) is 88.4 cm³/mol. The molecular weight excluding hydrogens is 376 g/mol. The average Bonchev–Trinajstić information content (AvgIpc) is 2.56. The Hall–Kier alpha value is -2.54. The molecule has 0 aromatic heterocycles. The molecule has 1 rings (SSSR count). The minimum absolute atomic E-state index is 0.166. The van der Waals surface area contributed by atoms with Crippen LogP contribution in [-0.4, -0.2) is 36.7 Å². The zero-order valence-corrected chi connectivity index (χ0v) is 14.5. The number of nitriles is 1. The maximum atomic E-state index is 13.1. The van der Waals surface area contributed by atoms with Gasteiger partial charge in [-0.3, -0.25) is 4.99 Å². The van der Waals surface area contributed by atoms with Crippen LogP contribution in [0.3, 0.4) is 0 Å². The number of anilines is 1. The number of hydrogen-bond acceptors (Lipinski definition) is 4. The number of nitrogens with zero attached hydrogens (tertiary/aromatic N) is 3. The van der Waals surface area contributed by atoms with Crippen molar-refractivity contribution in [1.82, 2.24) is 0 Å². The van der Waals surface area contributed by atoms with Gasteiger partial charge in [-0.2, -0.15) is 31.6 Å². The molecule has 0 spiro atoms. The molecule has 0 unspecified atom stereocenters. The standard InChI is InChI=1S/C17H17F6N3O/c1-3-13(9-27)25-11(2)8-26(10-16(18,19)20)14-5-4-12(7-24)15(6-14)17(21,22)23/h3-6,27H,8-10H2,1-2H3/b13-3-,25-11?. The molecule has 0 saturated heterocycles. The maximum absolute atomic E-state index is 13.1. The number of aliphatic hydroxyl groups is 1. The van der Waals surface area contributed by atoms with Crippen molar-refractivity contribution in [2.75, 3.05) is 24.6 Å². The van der Waals surface area contributed by atoms with Crippen molar-refractivity contribution >= 4 is 11.4 Å². The second-order valence-electron chi connectivity index (χ2n) is 5.60. The molecule has 0 aliphatic rings. The van der Waals surface area contributed by atoms with Crippen molar-refractivity contribution in [3.05, 3.63) is 41.1 Å². The highest BCUT2D eigenvalue weighted by Gasteiger charge is 2.36. The van der Waals surface area contributed by atoms with Gasteiger partial charge in [0, 0.05) is 11.4 Å². The van der Waals surface area contributed by atoms with Gasteiger partial charge in [-0.1, -0.05) is 6.08 Å². The summed E-state index contributed by atoms with van der Waals surface area (Å²) in [6.45, 7) is 0.624. The Labute approximate surface area is 152 Å². The predicted octanol–water partition coefficient (Wildman–Crippen LogP) is 4.30. The Bertz CT molecular complexity index is 759. The van der Waals surface area contributed by atoms with Crippen LogP contribution in [0.1, 0.15) is 25.0 Å². The summed E-state index contributed by atoms with van der Waals surface area (Å²) in [6.07, 6.45) is -8.10. The summed E-state index contributed by atoms with van der Waals surface area (Å²) in [5.74, 6) is 0. The van der Waals surface area contributed by atoms with Crippen molar-refractivity contribution in [1.29, 1.82) is 5.26 Å². The van der Waals surface area contributed by atoms with E-state index in [4.69, 9.17) is 10.4 Å². The molecule has 0 radical (unpaired) electrons. The van der Waals surface area contributed by atoms with Gasteiger partial charge in [-0.15, -0.1) is 0 Å². The Morgan fingerprint density at radius 3 is 2.33 bits per heavy atom. The highest BCUT2D eigenvalue weighted by molar-refractivity contribution is 5.87. The molecular formula is C17H17F6N3O. The number of hydrogen-bond donors (Lipinski definition) is 1. The molecule has 0 aliphatic carbocycles. The van der Waals surface area contributed by atoms with Crippen LogP contribution in [0.15, 0.2) is 35.0 Å². The first-order chi connectivity index (χ1) is 12.4. The molecule has 148 valence electrons. The van der Waals surface area contributed by atoms with E-state index in [0.717, 1.165) is 12.1 Å². The summed E-state index contributed by atoms with van der Waals surface area (Å²) in [7, 11) is 0. The first-order valence-corrected chi connectivity index (χ1v) is 7.64. The van der Waals surface area contributed by atoms with Gasteiger partial charge >= 0.3 is 12.4 Å². The Balaban J connectivity index is 3.35. The van der Waals surface area contributed by atoms with Crippen LogP contribution in [0, 0.1) is 11.3 Å². The Morgan fingerprint density at radius 1 is 1.26 bits per heavy atom. The summed E-state index contributed by atoms with van der Waals surface area (Å²) in [4.78, 5) is 4.64. The van der Waals surface area contributed by atoms with Crippen LogP contribution in [0.4, 0.5) is 32.0 Å². The van der Waals surface area contributed by atoms with Crippen LogP contribution >= 0.6 is 0 Å². The molecule has 0 saturated carbocycles. The zero-order chi connectivity index (χ0) is 20.8.